The second kappa shape index (κ2) is 7.47. The molecular weight excluding hydrogens is 339 g/mol. The minimum Gasteiger partial charge on any atom is -0.268 e. The summed E-state index contributed by atoms with van der Waals surface area (Å²) in [5.41, 5.74) is 5.54. The summed E-state index contributed by atoms with van der Waals surface area (Å²) in [7, 11) is 0. The van der Waals surface area contributed by atoms with Crippen molar-refractivity contribution >= 4 is 0 Å². The molecule has 0 fully saturated rings. The van der Waals surface area contributed by atoms with Crippen LogP contribution in [0.5, 0.6) is 0 Å². The smallest absolute Gasteiger partial charge is 0.267 e. The van der Waals surface area contributed by atoms with Crippen LogP contribution in [-0.2, 0) is 19.3 Å². The minimum atomic E-state index is -0.211. The molecule has 0 saturated heterocycles. The molecule has 3 aromatic rings. The van der Waals surface area contributed by atoms with Crippen molar-refractivity contribution in [3.05, 3.63) is 87.1 Å². The Morgan fingerprint density at radius 2 is 1.81 bits per heavy atom. The zero-order chi connectivity index (χ0) is 18.8. The van der Waals surface area contributed by atoms with Gasteiger partial charge >= 0.3 is 0 Å². The van der Waals surface area contributed by atoms with Crippen LogP contribution in [0, 0.1) is 5.82 Å². The van der Waals surface area contributed by atoms with Crippen molar-refractivity contribution in [2.24, 2.45) is 0 Å². The molecule has 0 saturated carbocycles. The van der Waals surface area contributed by atoms with Gasteiger partial charge in [0.05, 0.1) is 5.69 Å². The summed E-state index contributed by atoms with van der Waals surface area (Å²) in [6.07, 6.45) is 4.66. The van der Waals surface area contributed by atoms with Crippen molar-refractivity contribution in [2.45, 2.75) is 44.9 Å². The molecule has 1 atom stereocenters. The molecule has 1 aliphatic rings. The number of hydrogen-bond acceptors (Lipinski definition) is 2. The van der Waals surface area contributed by atoms with Crippen LogP contribution in [0.4, 0.5) is 4.39 Å². The summed E-state index contributed by atoms with van der Waals surface area (Å²) in [6, 6.07) is 14.9. The summed E-state index contributed by atoms with van der Waals surface area (Å²) in [4.78, 5) is 12.1. The van der Waals surface area contributed by atoms with Gasteiger partial charge in [-0.3, -0.25) is 4.79 Å². The van der Waals surface area contributed by atoms with E-state index in [2.05, 4.69) is 17.1 Å². The topological polar surface area (TPSA) is 45.8 Å². The highest BCUT2D eigenvalue weighted by atomic mass is 19.1. The second-order valence-electron chi connectivity index (χ2n) is 7.37. The lowest BCUT2D eigenvalue weighted by Crippen LogP contribution is -2.23. The largest absolute Gasteiger partial charge is 0.268 e. The van der Waals surface area contributed by atoms with Gasteiger partial charge in [-0.2, -0.15) is 5.10 Å². The van der Waals surface area contributed by atoms with E-state index in [4.69, 9.17) is 0 Å². The Bertz CT molecular complexity index is 1010. The Morgan fingerprint density at radius 1 is 1.07 bits per heavy atom. The van der Waals surface area contributed by atoms with Gasteiger partial charge in [0.25, 0.3) is 5.56 Å². The van der Waals surface area contributed by atoms with Crippen molar-refractivity contribution in [2.75, 3.05) is 0 Å². The van der Waals surface area contributed by atoms with Gasteiger partial charge in [0, 0.05) is 11.1 Å². The third kappa shape index (κ3) is 3.57. The van der Waals surface area contributed by atoms with Crippen molar-refractivity contribution in [1.82, 2.24) is 10.2 Å². The fourth-order valence-electron chi connectivity index (χ4n) is 3.99. The highest BCUT2D eigenvalue weighted by Crippen LogP contribution is 2.30. The summed E-state index contributed by atoms with van der Waals surface area (Å²) in [6.45, 7) is 2.13. The molecule has 0 spiro atoms. The molecule has 27 heavy (non-hydrogen) atoms. The number of rotatable bonds is 4. The van der Waals surface area contributed by atoms with Gasteiger partial charge in [-0.1, -0.05) is 43.3 Å². The van der Waals surface area contributed by atoms with Gasteiger partial charge < -0.3 is 0 Å². The number of aromatic nitrogens is 2. The SMILES string of the molecule is CC(Cc1n[nH]c(=O)c2c1CCCC2)c1ccc(F)c(-c2ccccc2)c1. The number of hydrogen-bond donors (Lipinski definition) is 1. The quantitative estimate of drug-likeness (QED) is 0.724. The predicted octanol–water partition coefficient (Wildman–Crippen LogP) is 4.80. The van der Waals surface area contributed by atoms with E-state index in [1.54, 1.807) is 6.07 Å². The van der Waals surface area contributed by atoms with E-state index in [1.165, 1.54) is 0 Å². The van der Waals surface area contributed by atoms with Crippen LogP contribution in [0.25, 0.3) is 11.1 Å². The first-order chi connectivity index (χ1) is 13.1. The first kappa shape index (κ1) is 17.7. The molecule has 1 heterocycles. The minimum absolute atomic E-state index is 0.0470. The molecule has 1 aliphatic carbocycles. The lowest BCUT2D eigenvalue weighted by molar-refractivity contribution is 0.624. The Hall–Kier alpha value is -2.75. The van der Waals surface area contributed by atoms with Crippen LogP contribution in [-0.4, -0.2) is 10.2 Å². The number of nitrogens with zero attached hydrogens (tertiary/aromatic N) is 1. The molecule has 0 radical (unpaired) electrons. The van der Waals surface area contributed by atoms with Crippen molar-refractivity contribution < 1.29 is 4.39 Å². The van der Waals surface area contributed by atoms with Gasteiger partial charge in [-0.25, -0.2) is 9.49 Å². The van der Waals surface area contributed by atoms with Gasteiger partial charge in [0.15, 0.2) is 0 Å². The molecule has 4 heteroatoms. The van der Waals surface area contributed by atoms with E-state index in [-0.39, 0.29) is 17.3 Å². The van der Waals surface area contributed by atoms with Crippen molar-refractivity contribution in [3.63, 3.8) is 0 Å². The highest BCUT2D eigenvalue weighted by Gasteiger charge is 2.20. The molecule has 2 aromatic carbocycles. The number of fused-ring (bicyclic) bond motifs is 1. The van der Waals surface area contributed by atoms with E-state index >= 15 is 0 Å². The zero-order valence-electron chi connectivity index (χ0n) is 15.5. The Morgan fingerprint density at radius 3 is 2.59 bits per heavy atom. The molecule has 0 bridgehead atoms. The summed E-state index contributed by atoms with van der Waals surface area (Å²) < 4.78 is 14.4. The fourth-order valence-corrected chi connectivity index (χ4v) is 3.99. The molecule has 3 nitrogen and oxygen atoms in total. The first-order valence-electron chi connectivity index (χ1n) is 9.57. The summed E-state index contributed by atoms with van der Waals surface area (Å²) >= 11 is 0. The molecule has 138 valence electrons. The number of nitrogens with one attached hydrogen (secondary N) is 1. The van der Waals surface area contributed by atoms with E-state index in [0.29, 0.717) is 5.56 Å². The molecule has 1 unspecified atom stereocenters. The molecule has 0 amide bonds. The Labute approximate surface area is 158 Å². The van der Waals surface area contributed by atoms with Crippen LogP contribution in [0.1, 0.15) is 48.1 Å². The second-order valence-corrected chi connectivity index (χ2v) is 7.37. The standard InChI is InChI=1S/C23H23FN2O/c1-15(13-22-18-9-5-6-10-19(18)23(27)26-25-22)17-11-12-21(24)20(14-17)16-7-3-2-4-8-16/h2-4,7-8,11-12,14-15H,5-6,9-10,13H2,1H3,(H,26,27). The predicted molar refractivity (Wildman–Crippen MR) is 105 cm³/mol. The van der Waals surface area contributed by atoms with E-state index in [9.17, 15) is 9.18 Å². The Kier molecular flexibility index (Phi) is 4.88. The normalized spacial score (nSPS) is 14.6. The third-order valence-corrected chi connectivity index (χ3v) is 5.53. The summed E-state index contributed by atoms with van der Waals surface area (Å²) in [5.74, 6) is -0.0332. The lowest BCUT2D eigenvalue weighted by atomic mass is 9.87. The van der Waals surface area contributed by atoms with E-state index < -0.39 is 0 Å². The fraction of sp³-hybridized carbons (Fsp3) is 0.304. The van der Waals surface area contributed by atoms with Crippen LogP contribution in [0.15, 0.2) is 53.3 Å². The van der Waals surface area contributed by atoms with E-state index in [1.807, 2.05) is 42.5 Å². The maximum absolute atomic E-state index is 14.4. The van der Waals surface area contributed by atoms with Crippen molar-refractivity contribution in [1.29, 1.82) is 0 Å². The molecule has 1 N–H and O–H groups in total. The lowest BCUT2D eigenvalue weighted by Gasteiger charge is -2.20. The average Bonchev–Trinajstić information content (AvgIpc) is 2.71. The first-order valence-corrected chi connectivity index (χ1v) is 9.57. The van der Waals surface area contributed by atoms with Crippen molar-refractivity contribution in [3.8, 4) is 11.1 Å². The monoisotopic (exact) mass is 362 g/mol. The molecular formula is C23H23FN2O. The highest BCUT2D eigenvalue weighted by molar-refractivity contribution is 5.65. The van der Waals surface area contributed by atoms with Gasteiger partial charge in [-0.05, 0) is 66.8 Å². The number of halogens is 1. The maximum atomic E-state index is 14.4. The summed E-state index contributed by atoms with van der Waals surface area (Å²) in [5, 5.41) is 7.01. The molecule has 4 rings (SSSR count). The maximum Gasteiger partial charge on any atom is 0.267 e. The van der Waals surface area contributed by atoms with Crippen LogP contribution < -0.4 is 5.56 Å². The van der Waals surface area contributed by atoms with Crippen LogP contribution >= 0.6 is 0 Å². The molecule has 0 aliphatic heterocycles. The van der Waals surface area contributed by atoms with Gasteiger partial charge in [0.2, 0.25) is 0 Å². The van der Waals surface area contributed by atoms with E-state index in [0.717, 1.165) is 60.1 Å². The third-order valence-electron chi connectivity index (χ3n) is 5.53. The van der Waals surface area contributed by atoms with Crippen LogP contribution in [0.2, 0.25) is 0 Å². The van der Waals surface area contributed by atoms with Crippen LogP contribution in [0.3, 0.4) is 0 Å². The number of H-pyrrole nitrogens is 1. The number of aromatic amines is 1. The molecule has 1 aromatic heterocycles. The average molecular weight is 362 g/mol. The van der Waals surface area contributed by atoms with Gasteiger partial charge in [0.1, 0.15) is 5.82 Å². The Balaban J connectivity index is 1.65. The zero-order valence-corrected chi connectivity index (χ0v) is 15.5. The number of benzene rings is 2. The van der Waals surface area contributed by atoms with Gasteiger partial charge in [-0.15, -0.1) is 0 Å².